The predicted octanol–water partition coefficient (Wildman–Crippen LogP) is 4.31. The van der Waals surface area contributed by atoms with Crippen LogP contribution >= 0.6 is 11.6 Å². The van der Waals surface area contributed by atoms with Crippen molar-refractivity contribution in [3.05, 3.63) is 46.3 Å². The third-order valence-corrected chi connectivity index (χ3v) is 7.06. The number of carbonyl (C=O) groups excluding carboxylic acids is 2. The fourth-order valence-corrected chi connectivity index (χ4v) is 5.11. The molecule has 1 atom stereocenters. The SMILES string of the molecule is Cc1onc(C(C)C)c1C(=O)N1CCC[C@@](COc2cccc(Cl)c2)(CC(=O)N2CCOCC2)C1. The summed E-state index contributed by atoms with van der Waals surface area (Å²) in [6.45, 7) is 9.38. The first-order valence-corrected chi connectivity index (χ1v) is 12.7. The monoisotopic (exact) mass is 503 g/mol. The molecular weight excluding hydrogens is 470 g/mol. The van der Waals surface area contributed by atoms with Crippen molar-refractivity contribution in [2.75, 3.05) is 46.0 Å². The van der Waals surface area contributed by atoms with Crippen molar-refractivity contribution < 1.29 is 23.6 Å². The number of benzene rings is 1. The molecule has 0 bridgehead atoms. The zero-order valence-corrected chi connectivity index (χ0v) is 21.5. The van der Waals surface area contributed by atoms with Gasteiger partial charge in [-0.15, -0.1) is 0 Å². The topological polar surface area (TPSA) is 85.1 Å². The highest BCUT2D eigenvalue weighted by molar-refractivity contribution is 6.30. The second kappa shape index (κ2) is 11.0. The van der Waals surface area contributed by atoms with Crippen molar-refractivity contribution in [2.45, 2.75) is 46.0 Å². The summed E-state index contributed by atoms with van der Waals surface area (Å²) in [4.78, 5) is 30.7. The predicted molar refractivity (Wildman–Crippen MR) is 132 cm³/mol. The van der Waals surface area contributed by atoms with Crippen LogP contribution in [0.15, 0.2) is 28.8 Å². The molecule has 9 heteroatoms. The Hall–Kier alpha value is -2.58. The quantitative estimate of drug-likeness (QED) is 0.559. The number of morpholine rings is 1. The van der Waals surface area contributed by atoms with Crippen molar-refractivity contribution in [2.24, 2.45) is 5.41 Å². The van der Waals surface area contributed by atoms with Crippen LogP contribution in [-0.2, 0) is 9.53 Å². The van der Waals surface area contributed by atoms with Crippen molar-refractivity contribution in [3.63, 3.8) is 0 Å². The van der Waals surface area contributed by atoms with Crippen molar-refractivity contribution in [3.8, 4) is 5.75 Å². The lowest BCUT2D eigenvalue weighted by Gasteiger charge is -2.43. The second-order valence-electron chi connectivity index (χ2n) is 9.90. The molecule has 2 fully saturated rings. The standard InChI is InChI=1S/C26H34ClN3O5/c1-18(2)24-23(19(3)35-28-24)25(32)30-9-5-8-26(16-30,15-22(31)29-10-12-33-13-11-29)17-34-21-7-4-6-20(27)14-21/h4,6-7,14,18H,5,8-13,15-17H2,1-3H3/t26-/m1/s1. The number of rotatable bonds is 7. The van der Waals surface area contributed by atoms with E-state index in [2.05, 4.69) is 5.16 Å². The Labute approximate surface area is 211 Å². The van der Waals surface area contributed by atoms with Crippen LogP contribution in [0.2, 0.25) is 5.02 Å². The van der Waals surface area contributed by atoms with Gasteiger partial charge in [-0.05, 0) is 43.9 Å². The molecule has 8 nitrogen and oxygen atoms in total. The van der Waals surface area contributed by atoms with Crippen LogP contribution < -0.4 is 4.74 Å². The lowest BCUT2D eigenvalue weighted by Crippen LogP contribution is -2.52. The fourth-order valence-electron chi connectivity index (χ4n) is 4.93. The molecule has 4 rings (SSSR count). The molecule has 0 aliphatic carbocycles. The van der Waals surface area contributed by atoms with E-state index in [-0.39, 0.29) is 17.7 Å². The first kappa shape index (κ1) is 25.5. The lowest BCUT2D eigenvalue weighted by molar-refractivity contribution is -0.139. The van der Waals surface area contributed by atoms with E-state index < -0.39 is 5.41 Å². The summed E-state index contributed by atoms with van der Waals surface area (Å²) < 4.78 is 17.0. The minimum atomic E-state index is -0.519. The Morgan fingerprint density at radius 1 is 1.20 bits per heavy atom. The number of aromatic nitrogens is 1. The van der Waals surface area contributed by atoms with Crippen molar-refractivity contribution in [1.82, 2.24) is 15.0 Å². The normalized spacial score (nSPS) is 20.8. The zero-order valence-electron chi connectivity index (χ0n) is 20.7. The van der Waals surface area contributed by atoms with E-state index in [1.807, 2.05) is 35.8 Å². The number of amides is 2. The largest absolute Gasteiger partial charge is 0.493 e. The van der Waals surface area contributed by atoms with E-state index in [0.717, 1.165) is 12.8 Å². The summed E-state index contributed by atoms with van der Waals surface area (Å²) in [5, 5.41) is 4.72. The maximum absolute atomic E-state index is 13.7. The second-order valence-corrected chi connectivity index (χ2v) is 10.3. The van der Waals surface area contributed by atoms with Crippen LogP contribution in [0.5, 0.6) is 5.75 Å². The van der Waals surface area contributed by atoms with Crippen LogP contribution in [0.25, 0.3) is 0 Å². The smallest absolute Gasteiger partial charge is 0.259 e. The Morgan fingerprint density at radius 3 is 2.69 bits per heavy atom. The summed E-state index contributed by atoms with van der Waals surface area (Å²) in [5.41, 5.74) is 0.684. The van der Waals surface area contributed by atoms with Gasteiger partial charge in [0.05, 0.1) is 25.5 Å². The molecule has 2 saturated heterocycles. The molecular formula is C26H34ClN3O5. The Kier molecular flexibility index (Phi) is 8.02. The minimum Gasteiger partial charge on any atom is -0.493 e. The van der Waals surface area contributed by atoms with Gasteiger partial charge in [0.15, 0.2) is 0 Å². The first-order chi connectivity index (χ1) is 16.8. The number of likely N-dealkylation sites (tertiary alicyclic amines) is 1. The third-order valence-electron chi connectivity index (χ3n) is 6.83. The van der Waals surface area contributed by atoms with Crippen LogP contribution in [0.1, 0.15) is 60.8 Å². The van der Waals surface area contributed by atoms with E-state index in [0.29, 0.717) is 80.2 Å². The van der Waals surface area contributed by atoms with E-state index in [9.17, 15) is 9.59 Å². The van der Waals surface area contributed by atoms with Gasteiger partial charge in [0.25, 0.3) is 5.91 Å². The average Bonchev–Trinajstić information content (AvgIpc) is 3.25. The fraction of sp³-hybridized carbons (Fsp3) is 0.577. The summed E-state index contributed by atoms with van der Waals surface area (Å²) in [5.74, 6) is 1.21. The molecule has 35 heavy (non-hydrogen) atoms. The molecule has 2 aromatic rings. The van der Waals surface area contributed by atoms with Gasteiger partial charge in [0.1, 0.15) is 17.1 Å². The van der Waals surface area contributed by atoms with Gasteiger partial charge in [-0.25, -0.2) is 0 Å². The summed E-state index contributed by atoms with van der Waals surface area (Å²) in [7, 11) is 0. The average molecular weight is 504 g/mol. The van der Waals surface area contributed by atoms with Gasteiger partial charge in [0.2, 0.25) is 5.91 Å². The van der Waals surface area contributed by atoms with Crippen LogP contribution in [0, 0.1) is 12.3 Å². The first-order valence-electron chi connectivity index (χ1n) is 12.3. The molecule has 2 aliphatic heterocycles. The lowest BCUT2D eigenvalue weighted by atomic mass is 9.77. The third kappa shape index (κ3) is 5.98. The van der Waals surface area contributed by atoms with E-state index >= 15 is 0 Å². The molecule has 0 saturated carbocycles. The minimum absolute atomic E-state index is 0.0648. The number of nitrogens with zero attached hydrogens (tertiary/aromatic N) is 3. The van der Waals surface area contributed by atoms with Gasteiger partial charge in [-0.1, -0.05) is 36.7 Å². The molecule has 190 valence electrons. The van der Waals surface area contributed by atoms with Crippen molar-refractivity contribution in [1.29, 1.82) is 0 Å². The number of aryl methyl sites for hydroxylation is 1. The summed E-state index contributed by atoms with van der Waals surface area (Å²) in [6, 6.07) is 7.24. The Bertz CT molecular complexity index is 1050. The molecule has 1 aromatic heterocycles. The highest BCUT2D eigenvalue weighted by atomic mass is 35.5. The van der Waals surface area contributed by atoms with Crippen LogP contribution in [0.3, 0.4) is 0 Å². The summed E-state index contributed by atoms with van der Waals surface area (Å²) >= 11 is 6.14. The van der Waals surface area contributed by atoms with Gasteiger partial charge < -0.3 is 23.8 Å². The van der Waals surface area contributed by atoms with Crippen LogP contribution in [-0.4, -0.2) is 72.8 Å². The molecule has 1 aromatic carbocycles. The number of halogens is 1. The highest BCUT2D eigenvalue weighted by Crippen LogP contribution is 2.37. The van der Waals surface area contributed by atoms with E-state index in [4.69, 9.17) is 25.6 Å². The van der Waals surface area contributed by atoms with E-state index in [1.54, 1.807) is 19.1 Å². The number of piperidine rings is 1. The highest BCUT2D eigenvalue weighted by Gasteiger charge is 2.42. The summed E-state index contributed by atoms with van der Waals surface area (Å²) in [6.07, 6.45) is 1.87. The van der Waals surface area contributed by atoms with Crippen LogP contribution in [0.4, 0.5) is 0 Å². The molecule has 2 aliphatic rings. The molecule has 0 N–H and O–H groups in total. The van der Waals surface area contributed by atoms with Gasteiger partial charge in [-0.2, -0.15) is 0 Å². The van der Waals surface area contributed by atoms with E-state index in [1.165, 1.54) is 0 Å². The molecule has 2 amide bonds. The number of ether oxygens (including phenoxy) is 2. The maximum atomic E-state index is 13.7. The Morgan fingerprint density at radius 2 is 1.97 bits per heavy atom. The number of carbonyl (C=O) groups is 2. The van der Waals surface area contributed by atoms with Crippen molar-refractivity contribution >= 4 is 23.4 Å². The maximum Gasteiger partial charge on any atom is 0.259 e. The Balaban J connectivity index is 1.57. The number of hydrogen-bond donors (Lipinski definition) is 0. The van der Waals surface area contributed by atoms with Gasteiger partial charge >= 0.3 is 0 Å². The van der Waals surface area contributed by atoms with Gasteiger partial charge in [0, 0.05) is 43.0 Å². The molecule has 0 unspecified atom stereocenters. The molecule has 3 heterocycles. The zero-order chi connectivity index (χ0) is 25.0. The number of hydrogen-bond acceptors (Lipinski definition) is 6. The molecule has 0 radical (unpaired) electrons. The van der Waals surface area contributed by atoms with Gasteiger partial charge in [-0.3, -0.25) is 9.59 Å². The molecule has 0 spiro atoms.